The maximum Gasteiger partial charge on any atom is 0.271 e. The first-order chi connectivity index (χ1) is 13.4. The van der Waals surface area contributed by atoms with E-state index in [1.54, 1.807) is 35.2 Å². The van der Waals surface area contributed by atoms with E-state index in [1.807, 2.05) is 13.8 Å². The summed E-state index contributed by atoms with van der Waals surface area (Å²) in [4.78, 5) is 17.3. The van der Waals surface area contributed by atoms with Crippen molar-refractivity contribution in [1.82, 2.24) is 19.2 Å². The molecule has 1 N–H and O–H groups in total. The third-order valence-corrected chi connectivity index (χ3v) is 6.64. The van der Waals surface area contributed by atoms with Gasteiger partial charge in [0.1, 0.15) is 11.2 Å². The Labute approximate surface area is 166 Å². The Morgan fingerprint density at radius 2 is 2.00 bits per heavy atom. The minimum absolute atomic E-state index is 0.118. The van der Waals surface area contributed by atoms with Gasteiger partial charge in [-0.05, 0) is 24.5 Å². The number of unbranched alkanes of at least 4 members (excludes halogenated alkanes) is 2. The van der Waals surface area contributed by atoms with Gasteiger partial charge in [0.05, 0.1) is 17.9 Å². The number of amides is 1. The molecule has 7 nitrogen and oxygen atoms in total. The summed E-state index contributed by atoms with van der Waals surface area (Å²) in [5.74, 6) is -0.103. The van der Waals surface area contributed by atoms with Crippen molar-refractivity contribution < 1.29 is 13.2 Å². The normalized spacial score (nSPS) is 15.7. The Balaban J connectivity index is 2.02. The van der Waals surface area contributed by atoms with Crippen LogP contribution in [-0.4, -0.2) is 41.3 Å². The predicted octanol–water partition coefficient (Wildman–Crippen LogP) is 2.95. The van der Waals surface area contributed by atoms with Crippen molar-refractivity contribution in [1.29, 1.82) is 0 Å². The van der Waals surface area contributed by atoms with Gasteiger partial charge in [-0.1, -0.05) is 45.7 Å². The lowest BCUT2D eigenvalue weighted by molar-refractivity contribution is 0.0946. The average Bonchev–Trinajstić information content (AvgIpc) is 3.04. The van der Waals surface area contributed by atoms with E-state index in [0.29, 0.717) is 24.5 Å². The fraction of sp³-hybridized carbons (Fsp3) is 0.500. The van der Waals surface area contributed by atoms with Crippen molar-refractivity contribution in [3.05, 3.63) is 42.0 Å². The second-order valence-electron chi connectivity index (χ2n) is 7.53. The fourth-order valence-corrected chi connectivity index (χ4v) is 5.16. The van der Waals surface area contributed by atoms with Gasteiger partial charge in [-0.3, -0.25) is 9.36 Å². The topological polar surface area (TPSA) is 84.3 Å². The summed E-state index contributed by atoms with van der Waals surface area (Å²) in [6.07, 6.45) is 4.59. The van der Waals surface area contributed by atoms with Gasteiger partial charge in [0.25, 0.3) is 5.91 Å². The van der Waals surface area contributed by atoms with Crippen molar-refractivity contribution >= 4 is 15.9 Å². The number of benzene rings is 1. The molecule has 1 aromatic heterocycles. The first-order valence-electron chi connectivity index (χ1n) is 9.80. The lowest BCUT2D eigenvalue weighted by Crippen LogP contribution is -2.34. The second-order valence-corrected chi connectivity index (χ2v) is 9.44. The third kappa shape index (κ3) is 3.98. The molecule has 2 aromatic rings. The SMILES string of the molecule is CCCCCNC(=O)c1ncn2c1CN(CC(C)C)S(=O)(=O)c1ccccc1-2. The van der Waals surface area contributed by atoms with E-state index in [0.717, 1.165) is 19.3 Å². The maximum absolute atomic E-state index is 13.2. The van der Waals surface area contributed by atoms with Crippen LogP contribution in [0.2, 0.25) is 0 Å². The van der Waals surface area contributed by atoms with Gasteiger partial charge >= 0.3 is 0 Å². The molecular weight excluding hydrogens is 376 g/mol. The molecule has 0 fully saturated rings. The van der Waals surface area contributed by atoms with E-state index in [4.69, 9.17) is 0 Å². The molecule has 28 heavy (non-hydrogen) atoms. The lowest BCUT2D eigenvalue weighted by Gasteiger charge is -2.22. The van der Waals surface area contributed by atoms with E-state index in [9.17, 15) is 13.2 Å². The minimum Gasteiger partial charge on any atom is -0.351 e. The van der Waals surface area contributed by atoms with Gasteiger partial charge in [-0.15, -0.1) is 0 Å². The zero-order valence-electron chi connectivity index (χ0n) is 16.7. The quantitative estimate of drug-likeness (QED) is 0.719. The molecule has 1 aliphatic rings. The number of para-hydroxylation sites is 1. The number of sulfonamides is 1. The van der Waals surface area contributed by atoms with Crippen molar-refractivity contribution in [2.75, 3.05) is 13.1 Å². The fourth-order valence-electron chi connectivity index (χ4n) is 3.42. The Morgan fingerprint density at radius 3 is 2.71 bits per heavy atom. The molecule has 0 bridgehead atoms. The van der Waals surface area contributed by atoms with E-state index < -0.39 is 10.0 Å². The Kier molecular flexibility index (Phi) is 6.20. The number of hydrogen-bond acceptors (Lipinski definition) is 4. The second kappa shape index (κ2) is 8.45. The van der Waals surface area contributed by atoms with E-state index in [1.165, 1.54) is 4.31 Å². The molecule has 0 atom stereocenters. The van der Waals surface area contributed by atoms with Crippen LogP contribution in [0.25, 0.3) is 5.69 Å². The van der Waals surface area contributed by atoms with Crippen LogP contribution in [0.3, 0.4) is 0 Å². The molecule has 152 valence electrons. The smallest absolute Gasteiger partial charge is 0.271 e. The molecule has 8 heteroatoms. The summed E-state index contributed by atoms with van der Waals surface area (Å²) in [6, 6.07) is 6.87. The lowest BCUT2D eigenvalue weighted by atomic mass is 10.2. The Hall–Kier alpha value is -2.19. The number of nitrogens with zero attached hydrogens (tertiary/aromatic N) is 3. The molecule has 3 rings (SSSR count). The van der Waals surface area contributed by atoms with Crippen LogP contribution in [0, 0.1) is 5.92 Å². The number of imidazole rings is 1. The van der Waals surface area contributed by atoms with Gasteiger partial charge < -0.3 is 5.32 Å². The standard InChI is InChI=1S/C20H28N4O3S/c1-4-5-8-11-21-20(25)19-17-13-23(12-15(2)3)28(26,27)18-10-7-6-9-16(18)24(17)14-22-19/h6-7,9-10,14-15H,4-5,8,11-13H2,1-3H3,(H,21,25). The first kappa shape index (κ1) is 20.5. The van der Waals surface area contributed by atoms with Crippen molar-refractivity contribution in [2.45, 2.75) is 51.5 Å². The van der Waals surface area contributed by atoms with Gasteiger partial charge in [-0.25, -0.2) is 13.4 Å². The van der Waals surface area contributed by atoms with Crippen LogP contribution in [0.5, 0.6) is 0 Å². The summed E-state index contributed by atoms with van der Waals surface area (Å²) in [5.41, 5.74) is 1.42. The highest BCUT2D eigenvalue weighted by atomic mass is 32.2. The minimum atomic E-state index is -3.67. The molecule has 0 unspecified atom stereocenters. The van der Waals surface area contributed by atoms with Gasteiger partial charge in [0, 0.05) is 13.1 Å². The van der Waals surface area contributed by atoms with Gasteiger partial charge in [0.15, 0.2) is 5.69 Å². The van der Waals surface area contributed by atoms with Crippen LogP contribution in [-0.2, 0) is 16.6 Å². The highest BCUT2D eigenvalue weighted by Crippen LogP contribution is 2.31. The van der Waals surface area contributed by atoms with E-state index in [-0.39, 0.29) is 29.0 Å². The monoisotopic (exact) mass is 404 g/mol. The molecule has 0 aliphatic carbocycles. The predicted molar refractivity (Wildman–Crippen MR) is 108 cm³/mol. The first-order valence-corrected chi connectivity index (χ1v) is 11.2. The molecule has 1 aromatic carbocycles. The molecule has 0 spiro atoms. The van der Waals surface area contributed by atoms with Crippen LogP contribution < -0.4 is 5.32 Å². The Bertz CT molecular complexity index is 950. The number of hydrogen-bond donors (Lipinski definition) is 1. The zero-order chi connectivity index (χ0) is 20.3. The van der Waals surface area contributed by atoms with Gasteiger partial charge in [0.2, 0.25) is 10.0 Å². The van der Waals surface area contributed by atoms with E-state index in [2.05, 4.69) is 17.2 Å². The van der Waals surface area contributed by atoms with Crippen LogP contribution in [0.15, 0.2) is 35.5 Å². The summed E-state index contributed by atoms with van der Waals surface area (Å²) < 4.78 is 29.7. The number of carbonyl (C=O) groups is 1. The molecule has 0 radical (unpaired) electrons. The maximum atomic E-state index is 13.2. The number of nitrogens with one attached hydrogen (secondary N) is 1. The van der Waals surface area contributed by atoms with Crippen LogP contribution in [0.1, 0.15) is 56.2 Å². The highest BCUT2D eigenvalue weighted by molar-refractivity contribution is 7.89. The number of carbonyl (C=O) groups excluding carboxylic acids is 1. The van der Waals surface area contributed by atoms with Crippen molar-refractivity contribution in [3.8, 4) is 5.69 Å². The summed E-state index contributed by atoms with van der Waals surface area (Å²) in [5, 5.41) is 2.91. The Morgan fingerprint density at radius 1 is 1.25 bits per heavy atom. The molecular formula is C20H28N4O3S. The number of rotatable bonds is 7. The molecule has 0 saturated heterocycles. The van der Waals surface area contributed by atoms with Crippen LogP contribution in [0.4, 0.5) is 0 Å². The van der Waals surface area contributed by atoms with Gasteiger partial charge in [-0.2, -0.15) is 4.31 Å². The van der Waals surface area contributed by atoms with E-state index >= 15 is 0 Å². The van der Waals surface area contributed by atoms with Crippen LogP contribution >= 0.6 is 0 Å². The average molecular weight is 405 g/mol. The van der Waals surface area contributed by atoms with Crippen molar-refractivity contribution in [3.63, 3.8) is 0 Å². The molecule has 2 heterocycles. The largest absolute Gasteiger partial charge is 0.351 e. The highest BCUT2D eigenvalue weighted by Gasteiger charge is 2.34. The number of aromatic nitrogens is 2. The van der Waals surface area contributed by atoms with Crippen molar-refractivity contribution in [2.24, 2.45) is 5.92 Å². The summed E-state index contributed by atoms with van der Waals surface area (Å²) in [6.45, 7) is 7.14. The summed E-state index contributed by atoms with van der Waals surface area (Å²) in [7, 11) is -3.67. The number of fused-ring (bicyclic) bond motifs is 3. The molecule has 1 aliphatic heterocycles. The molecule has 0 saturated carbocycles. The third-order valence-electron chi connectivity index (χ3n) is 4.78. The summed E-state index contributed by atoms with van der Waals surface area (Å²) >= 11 is 0. The zero-order valence-corrected chi connectivity index (χ0v) is 17.5. The molecule has 1 amide bonds.